The molecule has 0 saturated carbocycles. The van der Waals surface area contributed by atoms with Gasteiger partial charge in [0.15, 0.2) is 0 Å². The Balaban J connectivity index is 1.63. The van der Waals surface area contributed by atoms with Crippen LogP contribution in [0.15, 0.2) is 46.9 Å². The molecule has 0 atom stereocenters. The summed E-state index contributed by atoms with van der Waals surface area (Å²) in [6.07, 6.45) is -3.35. The predicted molar refractivity (Wildman–Crippen MR) is 127 cm³/mol. The van der Waals surface area contributed by atoms with Crippen molar-refractivity contribution in [2.45, 2.75) is 19.6 Å². The molecule has 2 heterocycles. The van der Waals surface area contributed by atoms with Gasteiger partial charge in [-0.1, -0.05) is 12.1 Å². The monoisotopic (exact) mass is 545 g/mol. The Hall–Kier alpha value is -3.39. The second-order valence-electron chi connectivity index (χ2n) is 8.55. The van der Waals surface area contributed by atoms with Crippen molar-refractivity contribution in [2.24, 2.45) is 0 Å². The molecule has 0 aliphatic carbocycles. The fraction of sp³-hybridized carbons (Fsp3) is 0.348. The van der Waals surface area contributed by atoms with Crippen LogP contribution >= 0.6 is 0 Å². The number of carbonyl (C=O) groups excluding carboxylic acids is 1. The molecule has 0 unspecified atom stereocenters. The number of benzene rings is 2. The van der Waals surface area contributed by atoms with Gasteiger partial charge in [0.1, 0.15) is 11.6 Å². The van der Waals surface area contributed by atoms with Crippen molar-refractivity contribution < 1.29 is 35.4 Å². The van der Waals surface area contributed by atoms with Crippen molar-refractivity contribution in [1.82, 2.24) is 19.4 Å². The minimum Gasteiger partial charge on any atom is -0.413 e. The number of hydrogen-bond donors (Lipinski definition) is 1. The van der Waals surface area contributed by atoms with Crippen LogP contribution in [0.3, 0.4) is 0 Å². The first kappa shape index (κ1) is 26.7. The van der Waals surface area contributed by atoms with E-state index in [1.807, 2.05) is 0 Å². The van der Waals surface area contributed by atoms with E-state index in [9.17, 15) is 26.6 Å². The summed E-state index contributed by atoms with van der Waals surface area (Å²) >= 11 is 0. The van der Waals surface area contributed by atoms with Crippen LogP contribution in [-0.4, -0.2) is 62.0 Å². The summed E-state index contributed by atoms with van der Waals surface area (Å²) in [5.74, 6) is -3.55. The Bertz CT molecular complexity index is 1340. The molecule has 1 aliphatic heterocycles. The molecule has 1 saturated heterocycles. The van der Waals surface area contributed by atoms with Gasteiger partial charge in [0.05, 0.1) is 12.2 Å². The highest BCUT2D eigenvalue weighted by molar-refractivity contribution is 8.01. The van der Waals surface area contributed by atoms with Crippen LogP contribution < -0.4 is 4.31 Å². The zero-order valence-corrected chi connectivity index (χ0v) is 20.8. The van der Waals surface area contributed by atoms with Gasteiger partial charge in [0, 0.05) is 60.8 Å². The number of carbonyl (C=O) groups is 1. The van der Waals surface area contributed by atoms with Gasteiger partial charge in [-0.2, -0.15) is 13.2 Å². The normalized spacial score (nSPS) is 15.6. The van der Waals surface area contributed by atoms with Crippen molar-refractivity contribution in [2.75, 3.05) is 36.7 Å². The van der Waals surface area contributed by atoms with Gasteiger partial charge in [-0.15, -0.1) is 10.2 Å². The molecule has 1 aliphatic rings. The lowest BCUT2D eigenvalue weighted by molar-refractivity contribution is -0.157. The Kier molecular flexibility index (Phi) is 7.33. The number of aromatic nitrogens is 2. The van der Waals surface area contributed by atoms with Crippen LogP contribution in [0.1, 0.15) is 18.4 Å². The maximum Gasteiger partial charge on any atom is 0.470 e. The molecule has 1 aromatic heterocycles. The summed E-state index contributed by atoms with van der Waals surface area (Å²) in [5, 5.41) is 6.26. The average molecular weight is 546 g/mol. The molecule has 0 N–H and O–H groups in total. The van der Waals surface area contributed by atoms with Crippen LogP contribution in [0.25, 0.3) is 11.5 Å². The van der Waals surface area contributed by atoms with Crippen molar-refractivity contribution in [3.63, 3.8) is 0 Å². The smallest absolute Gasteiger partial charge is 0.413 e. The van der Waals surface area contributed by atoms with Crippen LogP contribution in [0.2, 0.25) is 0 Å². The lowest BCUT2D eigenvalue weighted by Gasteiger charge is -2.46. The van der Waals surface area contributed by atoms with E-state index >= 15 is 4.39 Å². The fourth-order valence-corrected chi connectivity index (χ4v) is 6.23. The van der Waals surface area contributed by atoms with Crippen LogP contribution in [0.4, 0.5) is 27.6 Å². The molecule has 1 fully saturated rings. The highest BCUT2D eigenvalue weighted by Gasteiger charge is 2.38. The van der Waals surface area contributed by atoms with Gasteiger partial charge < -0.3 is 9.32 Å². The van der Waals surface area contributed by atoms with E-state index in [1.165, 1.54) is 47.8 Å². The number of anilines is 1. The number of rotatable bonds is 6. The zero-order chi connectivity index (χ0) is 27.0. The maximum absolute atomic E-state index is 15.1. The van der Waals surface area contributed by atoms with Crippen LogP contribution in [-0.2, 0) is 27.8 Å². The first-order chi connectivity index (χ1) is 17.4. The zero-order valence-electron chi connectivity index (χ0n) is 19.9. The SMILES string of the molecule is CC(=O)N1CCN([SH](C)(=O)N(Cc2ccc(-c3nnc(C(F)(F)F)o3)cc2F)c2cccc(F)c2)CC1. The number of nitrogens with zero attached hydrogens (tertiary/aromatic N) is 5. The van der Waals surface area contributed by atoms with Gasteiger partial charge in [0.2, 0.25) is 11.8 Å². The lowest BCUT2D eigenvalue weighted by atomic mass is 10.1. The summed E-state index contributed by atoms with van der Waals surface area (Å²) in [6.45, 7) is 2.55. The number of hydrogen-bond acceptors (Lipinski definition) is 5. The average Bonchev–Trinajstić information content (AvgIpc) is 3.34. The van der Waals surface area contributed by atoms with E-state index < -0.39 is 39.9 Å². The Labute approximate surface area is 210 Å². The topological polar surface area (TPSA) is 82.8 Å². The number of halogens is 5. The lowest BCUT2D eigenvalue weighted by Crippen LogP contribution is -2.56. The fourth-order valence-electron chi connectivity index (χ4n) is 4.03. The van der Waals surface area contributed by atoms with Gasteiger partial charge in [-0.05, 0) is 30.3 Å². The van der Waals surface area contributed by atoms with Gasteiger partial charge in [-0.25, -0.2) is 13.1 Å². The summed E-state index contributed by atoms with van der Waals surface area (Å²) in [5.41, 5.74) is 0.254. The summed E-state index contributed by atoms with van der Waals surface area (Å²) in [7, 11) is -3.42. The van der Waals surface area contributed by atoms with Crippen molar-refractivity contribution in [3.05, 3.63) is 65.6 Å². The van der Waals surface area contributed by atoms with Gasteiger partial charge >= 0.3 is 12.1 Å². The van der Waals surface area contributed by atoms with E-state index in [2.05, 4.69) is 14.6 Å². The first-order valence-corrected chi connectivity index (χ1v) is 13.2. The largest absolute Gasteiger partial charge is 0.470 e. The van der Waals surface area contributed by atoms with Crippen molar-refractivity contribution in [3.8, 4) is 11.5 Å². The van der Waals surface area contributed by atoms with E-state index in [0.717, 1.165) is 6.07 Å². The first-order valence-electron chi connectivity index (χ1n) is 11.2. The summed E-state index contributed by atoms with van der Waals surface area (Å²) in [6, 6.07) is 8.96. The Morgan fingerprint density at radius 2 is 1.78 bits per heavy atom. The third-order valence-corrected chi connectivity index (χ3v) is 8.79. The van der Waals surface area contributed by atoms with Crippen molar-refractivity contribution in [1.29, 1.82) is 0 Å². The van der Waals surface area contributed by atoms with E-state index in [4.69, 9.17) is 0 Å². The molecule has 0 spiro atoms. The number of alkyl halides is 3. The minimum atomic E-state index is -4.84. The number of thiol groups is 1. The van der Waals surface area contributed by atoms with Crippen LogP contribution in [0.5, 0.6) is 0 Å². The molecule has 2 aromatic carbocycles. The molecule has 4 rings (SSSR count). The second kappa shape index (κ2) is 10.2. The van der Waals surface area contributed by atoms with Crippen LogP contribution in [0, 0.1) is 11.6 Å². The standard InChI is InChI=1S/C23H24F5N5O3S/c1-15(34)31-8-10-32(11-9-31)37(2,35)33(19-5-3-4-18(24)13-19)14-17-7-6-16(12-20(17)25)21-29-30-22(36-21)23(26,27)28/h3-7,12-13,37H,8-11,14H2,1-2H3. The molecule has 0 radical (unpaired) electrons. The quantitative estimate of drug-likeness (QED) is 0.378. The second-order valence-corrected chi connectivity index (χ2v) is 11.3. The Morgan fingerprint density at radius 1 is 1.08 bits per heavy atom. The van der Waals surface area contributed by atoms with E-state index in [0.29, 0.717) is 26.2 Å². The number of amides is 1. The summed E-state index contributed by atoms with van der Waals surface area (Å²) in [4.78, 5) is 13.3. The molecule has 1 amide bonds. The minimum absolute atomic E-state index is 0.0630. The molecule has 200 valence electrons. The maximum atomic E-state index is 15.1. The molecule has 14 heteroatoms. The van der Waals surface area contributed by atoms with E-state index in [1.54, 1.807) is 15.3 Å². The summed E-state index contributed by atoms with van der Waals surface area (Å²) < 4.78 is 89.4. The highest BCUT2D eigenvalue weighted by atomic mass is 32.3. The van der Waals surface area contributed by atoms with Gasteiger partial charge in [0.25, 0.3) is 0 Å². The molecular formula is C23H24F5N5O3S. The molecule has 0 bridgehead atoms. The molecule has 37 heavy (non-hydrogen) atoms. The predicted octanol–water partition coefficient (Wildman–Crippen LogP) is 3.68. The number of piperazine rings is 1. The molecule has 8 nitrogen and oxygen atoms in total. The Morgan fingerprint density at radius 3 is 2.35 bits per heavy atom. The third-order valence-electron chi connectivity index (χ3n) is 6.07. The molecular weight excluding hydrogens is 521 g/mol. The van der Waals surface area contributed by atoms with Crippen molar-refractivity contribution >= 4 is 21.9 Å². The van der Waals surface area contributed by atoms with Gasteiger partial charge in [-0.3, -0.25) is 13.3 Å². The molecule has 3 aromatic rings. The van der Waals surface area contributed by atoms with E-state index in [-0.39, 0.29) is 29.3 Å². The third kappa shape index (κ3) is 5.80. The highest BCUT2D eigenvalue weighted by Crippen LogP contribution is 2.32.